The summed E-state index contributed by atoms with van der Waals surface area (Å²) >= 11 is 0. The first-order valence-electron chi connectivity index (χ1n) is 6.01. The van der Waals surface area contributed by atoms with E-state index in [0.717, 1.165) is 5.56 Å². The van der Waals surface area contributed by atoms with Crippen LogP contribution in [0, 0.1) is 0 Å². The van der Waals surface area contributed by atoms with Gasteiger partial charge in [0.15, 0.2) is 11.5 Å². The molecule has 1 amide bonds. The molecule has 0 fully saturated rings. The Hall–Kier alpha value is -2.34. The lowest BCUT2D eigenvalue weighted by Gasteiger charge is -2.09. The minimum absolute atomic E-state index is 0.383. The molecule has 2 N–H and O–H groups in total. The maximum absolute atomic E-state index is 11.1. The monoisotopic (exact) mass is 278 g/mol. The number of benzene rings is 1. The van der Waals surface area contributed by atoms with Crippen molar-refractivity contribution in [3.05, 3.63) is 36.4 Å². The highest BCUT2D eigenvalue weighted by Crippen LogP contribution is 2.27. The van der Waals surface area contributed by atoms with Crippen molar-refractivity contribution in [3.8, 4) is 11.5 Å². The predicted molar refractivity (Wildman–Crippen MR) is 76.1 cm³/mol. The Morgan fingerprint density at radius 3 is 2.90 bits per heavy atom. The summed E-state index contributed by atoms with van der Waals surface area (Å²) in [4.78, 5) is 11.1. The summed E-state index contributed by atoms with van der Waals surface area (Å²) in [5, 5.41) is 12.7. The molecule has 0 unspecified atom stereocenters. The third kappa shape index (κ3) is 4.74. The number of aliphatic hydroxyl groups is 1. The molecule has 0 bridgehead atoms. The number of hydrazone groups is 1. The molecule has 0 aliphatic heterocycles. The van der Waals surface area contributed by atoms with Crippen molar-refractivity contribution in [2.24, 2.45) is 5.10 Å². The maximum atomic E-state index is 11.1. The van der Waals surface area contributed by atoms with Gasteiger partial charge >= 0.3 is 0 Å². The zero-order valence-electron chi connectivity index (χ0n) is 11.5. The molecule has 0 spiro atoms. The fourth-order valence-electron chi connectivity index (χ4n) is 1.30. The smallest absolute Gasteiger partial charge is 0.268 e. The SMILES string of the molecule is C=CCOc1ccc(/C=N\NC(=O)[C@H](C)O)cc1OC. The molecule has 108 valence electrons. The highest BCUT2D eigenvalue weighted by atomic mass is 16.5. The molecule has 0 aromatic heterocycles. The van der Waals surface area contributed by atoms with Gasteiger partial charge in [-0.1, -0.05) is 12.7 Å². The van der Waals surface area contributed by atoms with Gasteiger partial charge in [-0.05, 0) is 30.7 Å². The lowest BCUT2D eigenvalue weighted by atomic mass is 10.2. The number of hydrogen-bond donors (Lipinski definition) is 2. The second-order valence-electron chi connectivity index (χ2n) is 3.92. The quantitative estimate of drug-likeness (QED) is 0.444. The first kappa shape index (κ1) is 15.7. The lowest BCUT2D eigenvalue weighted by molar-refractivity contribution is -0.128. The van der Waals surface area contributed by atoms with Crippen LogP contribution in [0.25, 0.3) is 0 Å². The van der Waals surface area contributed by atoms with Crippen LogP contribution in [0.4, 0.5) is 0 Å². The minimum Gasteiger partial charge on any atom is -0.493 e. The number of ether oxygens (including phenoxy) is 2. The van der Waals surface area contributed by atoms with Crippen LogP contribution in [-0.4, -0.2) is 37.0 Å². The number of nitrogens with zero attached hydrogens (tertiary/aromatic N) is 1. The van der Waals surface area contributed by atoms with E-state index in [1.807, 2.05) is 0 Å². The van der Waals surface area contributed by atoms with Gasteiger partial charge in [0.2, 0.25) is 0 Å². The molecular formula is C14H18N2O4. The number of carbonyl (C=O) groups excluding carboxylic acids is 1. The average Bonchev–Trinajstić information content (AvgIpc) is 2.45. The van der Waals surface area contributed by atoms with E-state index in [2.05, 4.69) is 17.1 Å². The highest BCUT2D eigenvalue weighted by Gasteiger charge is 2.06. The lowest BCUT2D eigenvalue weighted by Crippen LogP contribution is -2.28. The third-order valence-corrected chi connectivity index (χ3v) is 2.31. The van der Waals surface area contributed by atoms with E-state index in [4.69, 9.17) is 14.6 Å². The first-order chi connectivity index (χ1) is 9.58. The summed E-state index contributed by atoms with van der Waals surface area (Å²) in [7, 11) is 1.53. The summed E-state index contributed by atoms with van der Waals surface area (Å²) < 4.78 is 10.6. The van der Waals surface area contributed by atoms with Crippen LogP contribution >= 0.6 is 0 Å². The summed E-state index contributed by atoms with van der Waals surface area (Å²) in [5.41, 5.74) is 2.93. The van der Waals surface area contributed by atoms with Crippen molar-refractivity contribution < 1.29 is 19.4 Å². The van der Waals surface area contributed by atoms with Crippen molar-refractivity contribution >= 4 is 12.1 Å². The molecule has 20 heavy (non-hydrogen) atoms. The number of rotatable bonds is 7. The van der Waals surface area contributed by atoms with Gasteiger partial charge < -0.3 is 14.6 Å². The number of methoxy groups -OCH3 is 1. The Morgan fingerprint density at radius 2 is 2.30 bits per heavy atom. The van der Waals surface area contributed by atoms with Crippen LogP contribution < -0.4 is 14.9 Å². The molecule has 6 nitrogen and oxygen atoms in total. The minimum atomic E-state index is -1.10. The van der Waals surface area contributed by atoms with Crippen LogP contribution in [-0.2, 0) is 4.79 Å². The molecule has 1 aromatic rings. The molecule has 0 radical (unpaired) electrons. The summed E-state index contributed by atoms with van der Waals surface area (Å²) in [5.74, 6) is 0.578. The van der Waals surface area contributed by atoms with Crippen LogP contribution in [0.2, 0.25) is 0 Å². The van der Waals surface area contributed by atoms with Gasteiger partial charge in [0.25, 0.3) is 5.91 Å². The number of carbonyl (C=O) groups is 1. The Labute approximate surface area is 117 Å². The fourth-order valence-corrected chi connectivity index (χ4v) is 1.30. The van der Waals surface area contributed by atoms with Crippen molar-refractivity contribution in [3.63, 3.8) is 0 Å². The summed E-state index contributed by atoms with van der Waals surface area (Å²) in [6, 6.07) is 5.22. The maximum Gasteiger partial charge on any atom is 0.268 e. The Bertz CT molecular complexity index is 498. The largest absolute Gasteiger partial charge is 0.493 e. The van der Waals surface area contributed by atoms with E-state index in [-0.39, 0.29) is 0 Å². The molecule has 0 heterocycles. The van der Waals surface area contributed by atoms with E-state index in [1.165, 1.54) is 20.2 Å². The van der Waals surface area contributed by atoms with Crippen LogP contribution in [0.1, 0.15) is 12.5 Å². The fraction of sp³-hybridized carbons (Fsp3) is 0.286. The van der Waals surface area contributed by atoms with Crippen molar-refractivity contribution in [2.75, 3.05) is 13.7 Å². The second-order valence-corrected chi connectivity index (χ2v) is 3.92. The molecule has 0 aliphatic carbocycles. The van der Waals surface area contributed by atoms with Crippen LogP contribution in [0.15, 0.2) is 36.0 Å². The molecule has 1 rings (SSSR count). The van der Waals surface area contributed by atoms with Gasteiger partial charge in [0.05, 0.1) is 13.3 Å². The van der Waals surface area contributed by atoms with E-state index in [9.17, 15) is 4.79 Å². The molecule has 1 aromatic carbocycles. The molecular weight excluding hydrogens is 260 g/mol. The average molecular weight is 278 g/mol. The standard InChI is InChI=1S/C14H18N2O4/c1-4-7-20-12-6-5-11(8-13(12)19-3)9-15-16-14(18)10(2)17/h4-6,8-10,17H,1,7H2,2-3H3,(H,16,18)/b15-9-/t10-/m0/s1. The van der Waals surface area contributed by atoms with E-state index < -0.39 is 12.0 Å². The summed E-state index contributed by atoms with van der Waals surface area (Å²) in [6.45, 7) is 5.32. The van der Waals surface area contributed by atoms with Crippen molar-refractivity contribution in [1.29, 1.82) is 0 Å². The normalized spacial score (nSPS) is 11.9. The van der Waals surface area contributed by atoms with Gasteiger partial charge in [-0.3, -0.25) is 4.79 Å². The van der Waals surface area contributed by atoms with Crippen molar-refractivity contribution in [1.82, 2.24) is 5.43 Å². The Kier molecular flexibility index (Phi) is 6.25. The predicted octanol–water partition coefficient (Wildman–Crippen LogP) is 1.09. The van der Waals surface area contributed by atoms with Gasteiger partial charge in [0.1, 0.15) is 12.7 Å². The highest BCUT2D eigenvalue weighted by molar-refractivity contribution is 5.84. The number of hydrogen-bond acceptors (Lipinski definition) is 5. The summed E-state index contributed by atoms with van der Waals surface area (Å²) in [6.07, 6.45) is 1.98. The van der Waals surface area contributed by atoms with E-state index >= 15 is 0 Å². The third-order valence-electron chi connectivity index (χ3n) is 2.31. The van der Waals surface area contributed by atoms with Crippen molar-refractivity contribution in [2.45, 2.75) is 13.0 Å². The molecule has 1 atom stereocenters. The van der Waals surface area contributed by atoms with E-state index in [1.54, 1.807) is 24.3 Å². The van der Waals surface area contributed by atoms with Crippen LogP contribution in [0.5, 0.6) is 11.5 Å². The first-order valence-corrected chi connectivity index (χ1v) is 6.01. The van der Waals surface area contributed by atoms with Gasteiger partial charge in [-0.15, -0.1) is 0 Å². The van der Waals surface area contributed by atoms with Crippen LogP contribution in [0.3, 0.4) is 0 Å². The molecule has 0 aliphatic rings. The van der Waals surface area contributed by atoms with Gasteiger partial charge in [-0.2, -0.15) is 5.10 Å². The zero-order chi connectivity index (χ0) is 15.0. The number of aliphatic hydroxyl groups excluding tert-OH is 1. The zero-order valence-corrected chi connectivity index (χ0v) is 11.5. The number of amides is 1. The topological polar surface area (TPSA) is 80.2 Å². The number of nitrogens with one attached hydrogen (secondary N) is 1. The van der Waals surface area contributed by atoms with Gasteiger partial charge in [0, 0.05) is 0 Å². The Balaban J connectivity index is 2.74. The van der Waals surface area contributed by atoms with Gasteiger partial charge in [-0.25, -0.2) is 5.43 Å². The Morgan fingerprint density at radius 1 is 1.55 bits per heavy atom. The molecule has 0 saturated heterocycles. The molecule has 6 heteroatoms. The second kappa shape index (κ2) is 7.96. The van der Waals surface area contributed by atoms with E-state index in [0.29, 0.717) is 18.1 Å². The molecule has 0 saturated carbocycles.